The number of aliphatic hydroxyl groups is 1. The van der Waals surface area contributed by atoms with E-state index in [1.165, 1.54) is 10.7 Å². The van der Waals surface area contributed by atoms with Gasteiger partial charge in [0.1, 0.15) is 17.9 Å². The van der Waals surface area contributed by atoms with Gasteiger partial charge >= 0.3 is 0 Å². The Kier molecular flexibility index (Phi) is 6.60. The maximum absolute atomic E-state index is 14.6. The lowest BCUT2D eigenvalue weighted by molar-refractivity contribution is -0.135. The van der Waals surface area contributed by atoms with E-state index in [0.29, 0.717) is 23.7 Å². The van der Waals surface area contributed by atoms with Crippen LogP contribution in [0.3, 0.4) is 0 Å². The second-order valence-corrected chi connectivity index (χ2v) is 9.34. The molecule has 0 spiro atoms. The van der Waals surface area contributed by atoms with Gasteiger partial charge in [0, 0.05) is 30.9 Å². The van der Waals surface area contributed by atoms with Crippen LogP contribution in [-0.4, -0.2) is 80.1 Å². The van der Waals surface area contributed by atoms with Crippen LogP contribution >= 0.6 is 0 Å². The highest BCUT2D eigenvalue weighted by molar-refractivity contribution is 5.83. The first-order valence-electron chi connectivity index (χ1n) is 12.2. The number of aliphatic hydroxyl groups excluding tert-OH is 1. The van der Waals surface area contributed by atoms with Gasteiger partial charge in [-0.05, 0) is 62.3 Å². The maximum Gasteiger partial charge on any atom is 0.291 e. The molecule has 2 saturated heterocycles. The molecule has 1 N–H and O–H groups in total. The molecule has 182 valence electrons. The van der Waals surface area contributed by atoms with Gasteiger partial charge in [-0.1, -0.05) is 19.1 Å². The van der Waals surface area contributed by atoms with Crippen molar-refractivity contribution in [2.24, 2.45) is 5.92 Å². The largest absolute Gasteiger partial charge is 0.387 e. The number of carbonyl (C=O) groups excluding carboxylic acids is 1. The predicted molar refractivity (Wildman–Crippen MR) is 123 cm³/mol. The summed E-state index contributed by atoms with van der Waals surface area (Å²) in [5.74, 6) is 1.09. The number of aryl methyl sites for hydroxylation is 1. The van der Waals surface area contributed by atoms with Gasteiger partial charge < -0.3 is 19.4 Å². The van der Waals surface area contributed by atoms with Crippen molar-refractivity contribution in [1.82, 2.24) is 29.7 Å². The number of para-hydroxylation sites is 1. The summed E-state index contributed by atoms with van der Waals surface area (Å²) < 4.78 is 21.6. The highest BCUT2D eigenvalue weighted by atomic mass is 19.1. The number of likely N-dealkylation sites (tertiary alicyclic amines) is 2. The number of halogens is 1. The van der Waals surface area contributed by atoms with Gasteiger partial charge in [0.25, 0.3) is 5.95 Å². The SMILES string of the molecule is CCc1nn(-c2noc(C3CCN(CC4CCN(C(=O)CO)CC4)CC3)n2)c2c(F)cccc12. The van der Waals surface area contributed by atoms with Crippen LogP contribution in [0.2, 0.25) is 0 Å². The Morgan fingerprint density at radius 3 is 2.65 bits per heavy atom. The average molecular weight is 471 g/mol. The summed E-state index contributed by atoms with van der Waals surface area (Å²) in [6, 6.07) is 4.98. The summed E-state index contributed by atoms with van der Waals surface area (Å²) >= 11 is 0. The topological polar surface area (TPSA) is 101 Å². The molecule has 1 amide bonds. The molecule has 10 heteroatoms. The number of carbonyl (C=O) groups is 1. The van der Waals surface area contributed by atoms with E-state index in [2.05, 4.69) is 20.1 Å². The van der Waals surface area contributed by atoms with E-state index in [9.17, 15) is 9.18 Å². The number of rotatable bonds is 6. The van der Waals surface area contributed by atoms with Crippen molar-refractivity contribution in [2.75, 3.05) is 39.3 Å². The highest BCUT2D eigenvalue weighted by Gasteiger charge is 2.29. The fraction of sp³-hybridized carbons (Fsp3) is 0.583. The Labute approximate surface area is 197 Å². The third-order valence-corrected chi connectivity index (χ3v) is 7.24. The van der Waals surface area contributed by atoms with Crippen molar-refractivity contribution in [3.05, 3.63) is 35.6 Å². The van der Waals surface area contributed by atoms with Gasteiger partial charge in [0.05, 0.1) is 5.69 Å². The van der Waals surface area contributed by atoms with Gasteiger partial charge in [-0.3, -0.25) is 4.79 Å². The van der Waals surface area contributed by atoms with E-state index in [4.69, 9.17) is 9.63 Å². The molecular weight excluding hydrogens is 439 g/mol. The van der Waals surface area contributed by atoms with Crippen molar-refractivity contribution >= 4 is 16.8 Å². The average Bonchev–Trinajstić information content (AvgIpc) is 3.50. The van der Waals surface area contributed by atoms with Crippen LogP contribution in [0.25, 0.3) is 16.9 Å². The Balaban J connectivity index is 1.20. The van der Waals surface area contributed by atoms with Crippen LogP contribution in [0, 0.1) is 11.7 Å². The van der Waals surface area contributed by atoms with Crippen LogP contribution in [0.1, 0.15) is 50.1 Å². The van der Waals surface area contributed by atoms with E-state index in [0.717, 1.165) is 69.5 Å². The van der Waals surface area contributed by atoms with Gasteiger partial charge in [-0.25, -0.2) is 4.39 Å². The third-order valence-electron chi connectivity index (χ3n) is 7.24. The van der Waals surface area contributed by atoms with Crippen LogP contribution in [0.15, 0.2) is 22.7 Å². The molecule has 5 rings (SSSR count). The van der Waals surface area contributed by atoms with Crippen LogP contribution in [0.4, 0.5) is 4.39 Å². The molecule has 2 aliphatic rings. The minimum absolute atomic E-state index is 0.171. The van der Waals surface area contributed by atoms with Crippen molar-refractivity contribution in [2.45, 2.75) is 44.9 Å². The lowest BCUT2D eigenvalue weighted by Crippen LogP contribution is -2.43. The Hall–Kier alpha value is -2.85. The number of benzene rings is 1. The van der Waals surface area contributed by atoms with E-state index < -0.39 is 6.61 Å². The quantitative estimate of drug-likeness (QED) is 0.591. The van der Waals surface area contributed by atoms with Crippen molar-refractivity contribution in [3.8, 4) is 5.95 Å². The number of amides is 1. The number of aromatic nitrogens is 4. The molecule has 0 saturated carbocycles. The molecule has 4 heterocycles. The molecular formula is C24H31FN6O3. The van der Waals surface area contributed by atoms with Crippen molar-refractivity contribution in [3.63, 3.8) is 0 Å². The van der Waals surface area contributed by atoms with Gasteiger partial charge in [-0.2, -0.15) is 14.8 Å². The normalized spacial score (nSPS) is 18.7. The first kappa shape index (κ1) is 22.9. The molecule has 0 unspecified atom stereocenters. The molecule has 2 aromatic heterocycles. The Morgan fingerprint density at radius 2 is 1.94 bits per heavy atom. The van der Waals surface area contributed by atoms with Crippen LogP contribution < -0.4 is 0 Å². The lowest BCUT2D eigenvalue weighted by Gasteiger charge is -2.37. The maximum atomic E-state index is 14.6. The molecule has 2 fully saturated rings. The summed E-state index contributed by atoms with van der Waals surface area (Å²) in [6.07, 6.45) is 4.50. The summed E-state index contributed by atoms with van der Waals surface area (Å²) in [5, 5.41) is 18.5. The van der Waals surface area contributed by atoms with Crippen LogP contribution in [0.5, 0.6) is 0 Å². The Morgan fingerprint density at radius 1 is 1.18 bits per heavy atom. The van der Waals surface area contributed by atoms with E-state index in [1.54, 1.807) is 11.0 Å². The molecule has 0 radical (unpaired) electrons. The molecule has 34 heavy (non-hydrogen) atoms. The summed E-state index contributed by atoms with van der Waals surface area (Å²) in [6.45, 7) is 5.99. The number of hydrogen-bond acceptors (Lipinski definition) is 7. The minimum atomic E-state index is -0.402. The first-order chi connectivity index (χ1) is 16.6. The zero-order valence-electron chi connectivity index (χ0n) is 19.5. The van der Waals surface area contributed by atoms with Gasteiger partial charge in [0.15, 0.2) is 0 Å². The van der Waals surface area contributed by atoms with Crippen molar-refractivity contribution < 1.29 is 18.8 Å². The standard InChI is InChI=1S/C24H31FN6O3/c1-2-20-18-4-3-5-19(25)22(18)31(27-20)24-26-23(34-28-24)17-8-10-29(11-9-17)14-16-6-12-30(13-7-16)21(33)15-32/h3-5,16-17,32H,2,6-15H2,1H3. The summed E-state index contributed by atoms with van der Waals surface area (Å²) in [7, 11) is 0. The van der Waals surface area contributed by atoms with Crippen molar-refractivity contribution in [1.29, 1.82) is 0 Å². The molecule has 1 aromatic carbocycles. The zero-order chi connectivity index (χ0) is 23.7. The van der Waals surface area contributed by atoms with Crippen LogP contribution in [-0.2, 0) is 11.2 Å². The van der Waals surface area contributed by atoms with E-state index in [1.807, 2.05) is 13.0 Å². The number of fused-ring (bicyclic) bond motifs is 1. The molecule has 9 nitrogen and oxygen atoms in total. The fourth-order valence-electron chi connectivity index (χ4n) is 5.27. The molecule has 0 bridgehead atoms. The Bertz CT molecular complexity index is 1140. The first-order valence-corrected chi connectivity index (χ1v) is 12.2. The second kappa shape index (κ2) is 9.79. The van der Waals surface area contributed by atoms with E-state index in [-0.39, 0.29) is 23.6 Å². The summed E-state index contributed by atoms with van der Waals surface area (Å²) in [5.41, 5.74) is 1.19. The number of piperidine rings is 2. The van der Waals surface area contributed by atoms with Gasteiger partial charge in [-0.15, -0.1) is 0 Å². The van der Waals surface area contributed by atoms with E-state index >= 15 is 0 Å². The molecule has 2 aliphatic heterocycles. The zero-order valence-corrected chi connectivity index (χ0v) is 19.5. The third kappa shape index (κ3) is 4.44. The predicted octanol–water partition coefficient (Wildman–Crippen LogP) is 2.52. The number of nitrogens with zero attached hydrogens (tertiary/aromatic N) is 6. The fourth-order valence-corrected chi connectivity index (χ4v) is 5.27. The summed E-state index contributed by atoms with van der Waals surface area (Å²) in [4.78, 5) is 20.5. The molecule has 0 atom stereocenters. The lowest BCUT2D eigenvalue weighted by atomic mass is 9.92. The highest BCUT2D eigenvalue weighted by Crippen LogP contribution is 2.30. The second-order valence-electron chi connectivity index (χ2n) is 9.34. The minimum Gasteiger partial charge on any atom is -0.387 e. The van der Waals surface area contributed by atoms with Gasteiger partial charge in [0.2, 0.25) is 11.8 Å². The smallest absolute Gasteiger partial charge is 0.291 e. The molecule has 0 aliphatic carbocycles. The molecule has 3 aromatic rings. The monoisotopic (exact) mass is 470 g/mol. The number of hydrogen-bond donors (Lipinski definition) is 1.